The van der Waals surface area contributed by atoms with Crippen molar-refractivity contribution in [1.82, 2.24) is 4.67 Å². The Hall–Kier alpha value is -0.380. The van der Waals surface area contributed by atoms with Crippen LogP contribution in [0.5, 0.6) is 0 Å². The Bertz CT molecular complexity index is 254. The molecule has 1 amide bonds. The summed E-state index contributed by atoms with van der Waals surface area (Å²) < 4.78 is 23.7. The van der Waals surface area contributed by atoms with Crippen LogP contribution in [0.25, 0.3) is 0 Å². The molecule has 0 spiro atoms. The van der Waals surface area contributed by atoms with E-state index in [1.807, 2.05) is 0 Å². The Morgan fingerprint density at radius 2 is 1.93 bits per heavy atom. The maximum atomic E-state index is 12.3. The first-order valence-electron chi connectivity index (χ1n) is 5.08. The number of carbonyl (C=O) groups excluding carboxylic acids is 1. The van der Waals surface area contributed by atoms with Crippen molar-refractivity contribution in [2.24, 2.45) is 0 Å². The van der Waals surface area contributed by atoms with Gasteiger partial charge in [-0.25, -0.2) is 9.24 Å². The summed E-state index contributed by atoms with van der Waals surface area (Å²) in [5.74, 6) is -0.310. The molecule has 0 aromatic rings. The van der Waals surface area contributed by atoms with E-state index in [1.54, 1.807) is 27.7 Å². The van der Waals surface area contributed by atoms with Crippen LogP contribution < -0.4 is 0 Å². The summed E-state index contributed by atoms with van der Waals surface area (Å²) in [6.07, 6.45) is -0.254. The van der Waals surface area contributed by atoms with Gasteiger partial charge in [0.2, 0.25) is 5.91 Å². The first-order chi connectivity index (χ1) is 6.87. The molecule has 0 N–H and O–H groups in total. The van der Waals surface area contributed by atoms with Gasteiger partial charge in [-0.15, -0.1) is 0 Å². The highest BCUT2D eigenvalue weighted by molar-refractivity contribution is 7.52. The van der Waals surface area contributed by atoms with E-state index in [2.05, 4.69) is 0 Å². The molecule has 0 fully saturated rings. The lowest BCUT2D eigenvalue weighted by Crippen LogP contribution is -2.28. The van der Waals surface area contributed by atoms with Crippen molar-refractivity contribution in [1.29, 1.82) is 0 Å². The van der Waals surface area contributed by atoms with Crippen LogP contribution >= 0.6 is 7.75 Å². The Labute approximate surface area is 91.3 Å². The van der Waals surface area contributed by atoms with E-state index < -0.39 is 7.75 Å². The second-order valence-corrected chi connectivity index (χ2v) is 5.16. The number of carbonyl (C=O) groups is 1. The third-order valence-electron chi connectivity index (χ3n) is 1.59. The molecule has 90 valence electrons. The Morgan fingerprint density at radius 1 is 1.40 bits per heavy atom. The molecule has 6 heteroatoms. The molecule has 0 aromatic heterocycles. The Morgan fingerprint density at radius 3 is 2.20 bits per heavy atom. The third kappa shape index (κ3) is 4.33. The average Bonchev–Trinajstić information content (AvgIpc) is 2.02. The maximum Gasteiger partial charge on any atom is 0.437 e. The van der Waals surface area contributed by atoms with Gasteiger partial charge in [-0.3, -0.25) is 13.8 Å². The van der Waals surface area contributed by atoms with Gasteiger partial charge in [-0.2, -0.15) is 0 Å². The van der Waals surface area contributed by atoms with Gasteiger partial charge in [0, 0.05) is 13.5 Å². The van der Waals surface area contributed by atoms with Gasteiger partial charge in [0.05, 0.1) is 12.7 Å². The molecule has 15 heavy (non-hydrogen) atoms. The van der Waals surface area contributed by atoms with Crippen molar-refractivity contribution in [3.8, 4) is 0 Å². The molecule has 1 unspecified atom stereocenters. The van der Waals surface area contributed by atoms with E-state index in [1.165, 1.54) is 6.92 Å². The minimum atomic E-state index is -3.46. The SMILES string of the molecule is CCOP(=O)(OC(C)C)N(CC)C(C)=O. The molecule has 0 rings (SSSR count). The molecule has 0 saturated heterocycles. The number of rotatable bonds is 6. The number of hydrogen-bond acceptors (Lipinski definition) is 4. The summed E-state index contributed by atoms with van der Waals surface area (Å²) >= 11 is 0. The fourth-order valence-corrected chi connectivity index (χ4v) is 3.02. The number of nitrogens with zero attached hydrogens (tertiary/aromatic N) is 1. The van der Waals surface area contributed by atoms with Crippen LogP contribution in [-0.4, -0.2) is 29.8 Å². The lowest BCUT2D eigenvalue weighted by atomic mass is 10.5. The van der Waals surface area contributed by atoms with E-state index in [0.717, 1.165) is 4.67 Å². The molecule has 0 aliphatic carbocycles. The van der Waals surface area contributed by atoms with Crippen molar-refractivity contribution in [2.45, 2.75) is 40.7 Å². The standard InChI is InChI=1S/C9H20NO4P/c1-6-10(9(5)11)15(12,13-7-2)14-8(3)4/h8H,6-7H2,1-5H3. The van der Waals surface area contributed by atoms with Crippen LogP contribution in [0.15, 0.2) is 0 Å². The molecule has 0 heterocycles. The van der Waals surface area contributed by atoms with Gasteiger partial charge in [-0.05, 0) is 27.7 Å². The number of hydrogen-bond donors (Lipinski definition) is 0. The molecule has 0 radical (unpaired) electrons. The second kappa shape index (κ2) is 6.26. The van der Waals surface area contributed by atoms with Gasteiger partial charge < -0.3 is 0 Å². The predicted octanol–water partition coefficient (Wildman–Crippen LogP) is 2.42. The molecule has 0 aliphatic rings. The zero-order valence-corrected chi connectivity index (χ0v) is 10.9. The lowest BCUT2D eigenvalue weighted by Gasteiger charge is -2.29. The molecular weight excluding hydrogens is 217 g/mol. The van der Waals surface area contributed by atoms with Gasteiger partial charge in [-0.1, -0.05) is 0 Å². The Kier molecular flexibility index (Phi) is 6.10. The highest BCUT2D eigenvalue weighted by atomic mass is 31.2. The van der Waals surface area contributed by atoms with Crippen LogP contribution in [0, 0.1) is 0 Å². The fraction of sp³-hybridized carbons (Fsp3) is 0.889. The van der Waals surface area contributed by atoms with Crippen LogP contribution in [-0.2, 0) is 18.4 Å². The lowest BCUT2D eigenvalue weighted by molar-refractivity contribution is -0.125. The minimum Gasteiger partial charge on any atom is -0.292 e. The molecule has 0 saturated carbocycles. The average molecular weight is 237 g/mol. The zero-order chi connectivity index (χ0) is 12.1. The normalized spacial score (nSPS) is 15.1. The summed E-state index contributed by atoms with van der Waals surface area (Å²) in [5.41, 5.74) is 0. The van der Waals surface area contributed by atoms with Crippen molar-refractivity contribution >= 4 is 13.7 Å². The second-order valence-electron chi connectivity index (χ2n) is 3.28. The molecule has 0 aliphatic heterocycles. The van der Waals surface area contributed by atoms with Crippen LogP contribution in [0.3, 0.4) is 0 Å². The highest BCUT2D eigenvalue weighted by Crippen LogP contribution is 2.52. The Balaban J connectivity index is 4.89. The monoisotopic (exact) mass is 237 g/mol. The highest BCUT2D eigenvalue weighted by Gasteiger charge is 2.35. The van der Waals surface area contributed by atoms with Gasteiger partial charge in [0.25, 0.3) is 0 Å². The maximum absolute atomic E-state index is 12.3. The summed E-state index contributed by atoms with van der Waals surface area (Å²) in [6.45, 7) is 8.84. The molecule has 0 aromatic carbocycles. The van der Waals surface area contributed by atoms with Crippen LogP contribution in [0.2, 0.25) is 0 Å². The van der Waals surface area contributed by atoms with Gasteiger partial charge >= 0.3 is 7.75 Å². The van der Waals surface area contributed by atoms with Crippen molar-refractivity contribution in [3.63, 3.8) is 0 Å². The van der Waals surface area contributed by atoms with E-state index >= 15 is 0 Å². The fourth-order valence-electron chi connectivity index (χ4n) is 1.15. The van der Waals surface area contributed by atoms with E-state index in [9.17, 15) is 9.36 Å². The van der Waals surface area contributed by atoms with Crippen LogP contribution in [0.1, 0.15) is 34.6 Å². The summed E-state index contributed by atoms with van der Waals surface area (Å²) in [4.78, 5) is 11.3. The third-order valence-corrected chi connectivity index (χ3v) is 4.02. The van der Waals surface area contributed by atoms with Crippen LogP contribution in [0.4, 0.5) is 0 Å². The smallest absolute Gasteiger partial charge is 0.292 e. The van der Waals surface area contributed by atoms with Crippen molar-refractivity contribution in [2.75, 3.05) is 13.2 Å². The van der Waals surface area contributed by atoms with E-state index in [0.29, 0.717) is 6.54 Å². The summed E-state index contributed by atoms with van der Waals surface area (Å²) in [6, 6.07) is 0. The summed E-state index contributed by atoms with van der Waals surface area (Å²) in [7, 11) is -3.46. The largest absolute Gasteiger partial charge is 0.437 e. The zero-order valence-electron chi connectivity index (χ0n) is 10.0. The summed E-state index contributed by atoms with van der Waals surface area (Å²) in [5, 5.41) is 0. The van der Waals surface area contributed by atoms with Gasteiger partial charge in [0.15, 0.2) is 0 Å². The quantitative estimate of drug-likeness (QED) is 0.666. The first-order valence-corrected chi connectivity index (χ1v) is 6.58. The predicted molar refractivity (Wildman–Crippen MR) is 58.5 cm³/mol. The van der Waals surface area contributed by atoms with E-state index in [4.69, 9.17) is 9.05 Å². The molecular formula is C9H20NO4P. The molecule has 0 bridgehead atoms. The van der Waals surface area contributed by atoms with Crippen molar-refractivity contribution < 1.29 is 18.4 Å². The minimum absolute atomic E-state index is 0.244. The van der Waals surface area contributed by atoms with Crippen molar-refractivity contribution in [3.05, 3.63) is 0 Å². The van der Waals surface area contributed by atoms with Gasteiger partial charge in [0.1, 0.15) is 0 Å². The molecule has 5 nitrogen and oxygen atoms in total. The van der Waals surface area contributed by atoms with E-state index in [-0.39, 0.29) is 18.6 Å². The number of amides is 1. The topological polar surface area (TPSA) is 55.8 Å². The first kappa shape index (κ1) is 14.6. The molecule has 1 atom stereocenters.